The molecule has 0 bridgehead atoms. The topological polar surface area (TPSA) is 97.8 Å². The quantitative estimate of drug-likeness (QED) is 0.296. The summed E-state index contributed by atoms with van der Waals surface area (Å²) in [4.78, 5) is 30.4. The van der Waals surface area contributed by atoms with E-state index >= 15 is 0 Å². The highest BCUT2D eigenvalue weighted by atomic mass is 16.5. The fraction of sp³-hybridized carbons (Fsp3) is 0.429. The van der Waals surface area contributed by atoms with Crippen LogP contribution in [0.25, 0.3) is 5.76 Å². The van der Waals surface area contributed by atoms with Crippen LogP contribution in [0.3, 0.4) is 0 Å². The van der Waals surface area contributed by atoms with Gasteiger partial charge in [-0.05, 0) is 55.8 Å². The maximum Gasteiger partial charge on any atom is 0.295 e. The van der Waals surface area contributed by atoms with Gasteiger partial charge in [0.15, 0.2) is 11.5 Å². The number of benzene rings is 2. The number of morpholine rings is 1. The maximum absolute atomic E-state index is 13.3. The lowest BCUT2D eigenvalue weighted by molar-refractivity contribution is -0.140. The molecule has 2 heterocycles. The van der Waals surface area contributed by atoms with Crippen molar-refractivity contribution in [2.45, 2.75) is 19.9 Å². The lowest BCUT2D eigenvalue weighted by Crippen LogP contribution is -2.42. The molecule has 4 rings (SSSR count). The van der Waals surface area contributed by atoms with Gasteiger partial charge in [-0.1, -0.05) is 6.07 Å². The Morgan fingerprint density at radius 1 is 0.973 bits per heavy atom. The van der Waals surface area contributed by atoms with Crippen molar-refractivity contribution >= 4 is 17.4 Å². The third-order valence-corrected chi connectivity index (χ3v) is 6.54. The Hall–Kier alpha value is -3.56. The van der Waals surface area contributed by atoms with E-state index in [9.17, 15) is 14.7 Å². The van der Waals surface area contributed by atoms with Crippen molar-refractivity contribution in [1.82, 2.24) is 9.80 Å². The van der Waals surface area contributed by atoms with E-state index in [-0.39, 0.29) is 11.3 Å². The number of rotatable bonds is 10. The van der Waals surface area contributed by atoms with Crippen LogP contribution in [0.5, 0.6) is 17.2 Å². The Labute approximate surface area is 217 Å². The van der Waals surface area contributed by atoms with Gasteiger partial charge in [0.05, 0.1) is 45.2 Å². The van der Waals surface area contributed by atoms with Crippen molar-refractivity contribution in [2.75, 3.05) is 59.7 Å². The molecule has 2 aliphatic rings. The number of ketones is 1. The van der Waals surface area contributed by atoms with Crippen LogP contribution in [0, 0.1) is 0 Å². The molecule has 9 nitrogen and oxygen atoms in total. The minimum atomic E-state index is -0.780. The zero-order valence-corrected chi connectivity index (χ0v) is 21.6. The summed E-state index contributed by atoms with van der Waals surface area (Å²) in [6, 6.07) is 11.3. The second-order valence-electron chi connectivity index (χ2n) is 8.75. The van der Waals surface area contributed by atoms with Gasteiger partial charge in [0.1, 0.15) is 11.5 Å². The van der Waals surface area contributed by atoms with Gasteiger partial charge < -0.3 is 29.0 Å². The van der Waals surface area contributed by atoms with Crippen molar-refractivity contribution in [3.8, 4) is 17.2 Å². The number of methoxy groups -OCH3 is 1. The summed E-state index contributed by atoms with van der Waals surface area (Å²) in [7, 11) is 1.54. The van der Waals surface area contributed by atoms with Gasteiger partial charge in [-0.15, -0.1) is 0 Å². The van der Waals surface area contributed by atoms with Crippen molar-refractivity contribution < 1.29 is 33.6 Å². The molecule has 0 saturated carbocycles. The van der Waals surface area contributed by atoms with E-state index in [4.69, 9.17) is 18.9 Å². The van der Waals surface area contributed by atoms with Crippen LogP contribution in [0.15, 0.2) is 48.0 Å². The van der Waals surface area contributed by atoms with Gasteiger partial charge in [-0.3, -0.25) is 14.5 Å². The number of aliphatic hydroxyl groups excluding tert-OH is 1. The van der Waals surface area contributed by atoms with E-state index in [0.717, 1.165) is 13.1 Å². The number of amides is 1. The lowest BCUT2D eigenvalue weighted by atomic mass is 9.95. The standard InChI is InChI=1S/C28H34N2O7/c1-4-36-21-9-6-19(7-10-21)26(31)24-25(20-8-11-22(37-5-2)23(18-20)34-3)30(28(33)27(24)32)13-12-29-14-16-35-17-15-29/h6-11,18,25,31H,4-5,12-17H2,1-3H3/t25-/m1/s1. The molecular formula is C28H34N2O7. The van der Waals surface area contributed by atoms with Gasteiger partial charge in [-0.2, -0.15) is 0 Å². The van der Waals surface area contributed by atoms with Gasteiger partial charge >= 0.3 is 0 Å². The van der Waals surface area contributed by atoms with Gasteiger partial charge in [-0.25, -0.2) is 0 Å². The molecule has 0 aliphatic carbocycles. The maximum atomic E-state index is 13.3. The van der Waals surface area contributed by atoms with E-state index < -0.39 is 17.7 Å². The Morgan fingerprint density at radius 2 is 1.68 bits per heavy atom. The molecule has 0 unspecified atom stereocenters. The van der Waals surface area contributed by atoms with E-state index in [1.807, 2.05) is 13.8 Å². The smallest absolute Gasteiger partial charge is 0.295 e. The first kappa shape index (κ1) is 26.5. The van der Waals surface area contributed by atoms with E-state index in [1.54, 1.807) is 42.5 Å². The summed E-state index contributed by atoms with van der Waals surface area (Å²) in [5.41, 5.74) is 1.12. The molecular weight excluding hydrogens is 476 g/mol. The number of carbonyl (C=O) groups excluding carboxylic acids is 2. The van der Waals surface area contributed by atoms with Crippen LogP contribution in [0.1, 0.15) is 31.0 Å². The second kappa shape index (κ2) is 12.1. The first-order valence-electron chi connectivity index (χ1n) is 12.6. The fourth-order valence-corrected chi connectivity index (χ4v) is 4.69. The fourth-order valence-electron chi connectivity index (χ4n) is 4.69. The molecule has 0 spiro atoms. The highest BCUT2D eigenvalue weighted by Gasteiger charge is 2.46. The molecule has 2 saturated heterocycles. The SMILES string of the molecule is CCOc1ccc(C(O)=C2C(=O)C(=O)N(CCN3CCOCC3)[C@@H]2c2ccc(OCC)c(OC)c2)cc1. The Kier molecular flexibility index (Phi) is 8.68. The summed E-state index contributed by atoms with van der Waals surface area (Å²) >= 11 is 0. The molecule has 37 heavy (non-hydrogen) atoms. The normalized spacial score (nSPS) is 19.8. The Bertz CT molecular complexity index is 1140. The average molecular weight is 511 g/mol. The van der Waals surface area contributed by atoms with Crippen LogP contribution in [0.2, 0.25) is 0 Å². The van der Waals surface area contributed by atoms with Gasteiger partial charge in [0.2, 0.25) is 0 Å². The van der Waals surface area contributed by atoms with E-state index in [1.165, 1.54) is 12.0 Å². The molecule has 9 heteroatoms. The second-order valence-corrected chi connectivity index (χ2v) is 8.75. The molecule has 1 amide bonds. The number of hydrogen-bond acceptors (Lipinski definition) is 8. The first-order valence-corrected chi connectivity index (χ1v) is 12.6. The number of nitrogens with zero attached hydrogens (tertiary/aromatic N) is 2. The molecule has 2 aliphatic heterocycles. The predicted molar refractivity (Wildman–Crippen MR) is 138 cm³/mol. The number of likely N-dealkylation sites (tertiary alicyclic amines) is 1. The molecule has 1 atom stereocenters. The van der Waals surface area contributed by atoms with Crippen LogP contribution in [-0.2, 0) is 14.3 Å². The van der Waals surface area contributed by atoms with E-state index in [2.05, 4.69) is 4.90 Å². The monoisotopic (exact) mass is 510 g/mol. The highest BCUT2D eigenvalue weighted by Crippen LogP contribution is 2.42. The van der Waals surface area contributed by atoms with Gasteiger partial charge in [0.25, 0.3) is 11.7 Å². The number of ether oxygens (including phenoxy) is 4. The third kappa shape index (κ3) is 5.73. The van der Waals surface area contributed by atoms with Crippen LogP contribution >= 0.6 is 0 Å². The molecule has 0 radical (unpaired) electrons. The van der Waals surface area contributed by atoms with Gasteiger partial charge in [0, 0.05) is 31.7 Å². The summed E-state index contributed by atoms with van der Waals surface area (Å²) in [6.45, 7) is 8.45. The lowest BCUT2D eigenvalue weighted by Gasteiger charge is -2.31. The number of Topliss-reactive ketones (excluding diaryl/α,β-unsaturated/α-hetero) is 1. The van der Waals surface area contributed by atoms with E-state index in [0.29, 0.717) is 67.9 Å². The summed E-state index contributed by atoms with van der Waals surface area (Å²) < 4.78 is 22.1. The Morgan fingerprint density at radius 3 is 2.32 bits per heavy atom. The molecule has 2 aromatic rings. The largest absolute Gasteiger partial charge is 0.507 e. The van der Waals surface area contributed by atoms with Crippen molar-refractivity contribution in [3.63, 3.8) is 0 Å². The highest BCUT2D eigenvalue weighted by molar-refractivity contribution is 6.46. The number of hydrogen-bond donors (Lipinski definition) is 1. The molecule has 2 fully saturated rings. The van der Waals surface area contributed by atoms with Crippen LogP contribution in [0.4, 0.5) is 0 Å². The Balaban J connectivity index is 1.75. The summed E-state index contributed by atoms with van der Waals surface area (Å²) in [5, 5.41) is 11.3. The molecule has 2 aromatic carbocycles. The molecule has 198 valence electrons. The van der Waals surface area contributed by atoms with Crippen molar-refractivity contribution in [2.24, 2.45) is 0 Å². The number of carbonyl (C=O) groups is 2. The zero-order chi connectivity index (χ0) is 26.4. The van der Waals surface area contributed by atoms with Crippen LogP contribution in [-0.4, -0.2) is 86.3 Å². The van der Waals surface area contributed by atoms with Crippen molar-refractivity contribution in [1.29, 1.82) is 0 Å². The number of aliphatic hydroxyl groups is 1. The average Bonchev–Trinajstić information content (AvgIpc) is 3.18. The third-order valence-electron chi connectivity index (χ3n) is 6.54. The minimum Gasteiger partial charge on any atom is -0.507 e. The minimum absolute atomic E-state index is 0.0438. The molecule has 0 aromatic heterocycles. The first-order chi connectivity index (χ1) is 18.0. The van der Waals surface area contributed by atoms with Crippen molar-refractivity contribution in [3.05, 3.63) is 59.2 Å². The molecule has 1 N–H and O–H groups in total. The summed E-state index contributed by atoms with van der Waals surface area (Å²) in [5.74, 6) is 0.112. The zero-order valence-electron chi connectivity index (χ0n) is 21.6. The predicted octanol–water partition coefficient (Wildman–Crippen LogP) is 3.25. The summed E-state index contributed by atoms with van der Waals surface area (Å²) in [6.07, 6.45) is 0. The van der Waals surface area contributed by atoms with Crippen LogP contribution < -0.4 is 14.2 Å².